The second-order valence-electron chi connectivity index (χ2n) is 7.44. The second-order valence-corrected chi connectivity index (χ2v) is 10.4. The van der Waals surface area contributed by atoms with Crippen molar-refractivity contribution in [1.29, 1.82) is 0 Å². The molecule has 0 amide bonds. The van der Waals surface area contributed by atoms with Crippen LogP contribution >= 0.6 is 11.3 Å². The Hall–Kier alpha value is -1.73. The van der Waals surface area contributed by atoms with Gasteiger partial charge in [-0.3, -0.25) is 9.20 Å². The number of nitrogens with zero attached hydrogens (tertiary/aromatic N) is 2. The first-order valence-corrected chi connectivity index (χ1v) is 12.8. The standard InChI is InChI=1S/C22H32N4OS2/c1-3-29(27)20-11-7-10-18(14-20)26-22(23-2)24-15-19-16-28-21(25-19)13-12-17-8-5-4-6-9-17/h4-6,8-9,16,18,20H,3,7,10-15H2,1-2H3,(H2,23,24,26). The van der Waals surface area contributed by atoms with Gasteiger partial charge >= 0.3 is 0 Å². The van der Waals surface area contributed by atoms with Crippen LogP contribution in [-0.4, -0.2) is 39.2 Å². The summed E-state index contributed by atoms with van der Waals surface area (Å²) in [4.78, 5) is 9.12. The average Bonchev–Trinajstić information content (AvgIpc) is 3.23. The minimum absolute atomic E-state index is 0.315. The summed E-state index contributed by atoms with van der Waals surface area (Å²) >= 11 is 1.72. The molecule has 1 aromatic heterocycles. The van der Waals surface area contributed by atoms with Crippen molar-refractivity contribution < 1.29 is 4.21 Å². The maximum Gasteiger partial charge on any atom is 0.191 e. The number of rotatable bonds is 8. The van der Waals surface area contributed by atoms with E-state index in [2.05, 4.69) is 45.3 Å². The molecule has 0 radical (unpaired) electrons. The first-order valence-electron chi connectivity index (χ1n) is 10.5. The predicted molar refractivity (Wildman–Crippen MR) is 124 cm³/mol. The van der Waals surface area contributed by atoms with Gasteiger partial charge in [0.05, 0.1) is 17.2 Å². The Bertz CT molecular complexity index is 806. The Morgan fingerprint density at radius 1 is 1.28 bits per heavy atom. The third-order valence-electron chi connectivity index (χ3n) is 5.35. The lowest BCUT2D eigenvalue weighted by atomic mass is 9.95. The maximum absolute atomic E-state index is 12.2. The van der Waals surface area contributed by atoms with Crippen molar-refractivity contribution in [2.24, 2.45) is 4.99 Å². The molecule has 1 aromatic carbocycles. The molecule has 0 bridgehead atoms. The lowest BCUT2D eigenvalue weighted by Crippen LogP contribution is -2.46. The van der Waals surface area contributed by atoms with Crippen LogP contribution in [0.5, 0.6) is 0 Å². The van der Waals surface area contributed by atoms with Crippen LogP contribution in [0.1, 0.15) is 48.9 Å². The van der Waals surface area contributed by atoms with Gasteiger partial charge in [-0.2, -0.15) is 0 Å². The van der Waals surface area contributed by atoms with Crippen LogP contribution in [0.2, 0.25) is 0 Å². The highest BCUT2D eigenvalue weighted by atomic mass is 32.2. The summed E-state index contributed by atoms with van der Waals surface area (Å²) < 4.78 is 12.2. The Morgan fingerprint density at radius 2 is 2.10 bits per heavy atom. The van der Waals surface area contributed by atoms with E-state index in [9.17, 15) is 4.21 Å². The fourth-order valence-electron chi connectivity index (χ4n) is 3.75. The van der Waals surface area contributed by atoms with Gasteiger partial charge in [0.2, 0.25) is 0 Å². The summed E-state index contributed by atoms with van der Waals surface area (Å²) in [6.45, 7) is 2.67. The zero-order valence-electron chi connectivity index (χ0n) is 17.4. The van der Waals surface area contributed by atoms with E-state index in [-0.39, 0.29) is 0 Å². The summed E-state index contributed by atoms with van der Waals surface area (Å²) in [5.41, 5.74) is 2.40. The van der Waals surface area contributed by atoms with Gasteiger partial charge in [-0.25, -0.2) is 4.98 Å². The second kappa shape index (κ2) is 11.5. The Labute approximate surface area is 180 Å². The molecule has 1 heterocycles. The van der Waals surface area contributed by atoms with Crippen molar-refractivity contribution in [2.75, 3.05) is 12.8 Å². The number of nitrogens with one attached hydrogen (secondary N) is 2. The van der Waals surface area contributed by atoms with Crippen LogP contribution in [0.3, 0.4) is 0 Å². The van der Waals surface area contributed by atoms with Crippen LogP contribution in [0.4, 0.5) is 0 Å². The lowest BCUT2D eigenvalue weighted by Gasteiger charge is -2.30. The number of thiazole rings is 1. The molecule has 29 heavy (non-hydrogen) atoms. The van der Waals surface area contributed by atoms with E-state index < -0.39 is 10.8 Å². The molecule has 3 atom stereocenters. The van der Waals surface area contributed by atoms with Crippen molar-refractivity contribution >= 4 is 28.1 Å². The van der Waals surface area contributed by atoms with E-state index in [1.165, 1.54) is 10.6 Å². The molecular formula is C22H32N4OS2. The smallest absolute Gasteiger partial charge is 0.191 e. The van der Waals surface area contributed by atoms with E-state index >= 15 is 0 Å². The van der Waals surface area contributed by atoms with Gasteiger partial charge in [0, 0.05) is 46.7 Å². The molecule has 1 fully saturated rings. The highest BCUT2D eigenvalue weighted by molar-refractivity contribution is 7.85. The molecule has 0 saturated heterocycles. The van der Waals surface area contributed by atoms with Crippen LogP contribution < -0.4 is 10.6 Å². The summed E-state index contributed by atoms with van der Waals surface area (Å²) in [5, 5.41) is 10.5. The number of aliphatic imine (C=N–C) groups is 1. The zero-order valence-corrected chi connectivity index (χ0v) is 19.0. The van der Waals surface area contributed by atoms with E-state index in [1.807, 2.05) is 13.0 Å². The third kappa shape index (κ3) is 6.93. The molecule has 3 unspecified atom stereocenters. The third-order valence-corrected chi connectivity index (χ3v) is 8.05. The summed E-state index contributed by atoms with van der Waals surface area (Å²) in [6, 6.07) is 10.9. The molecule has 5 nitrogen and oxygen atoms in total. The number of guanidine groups is 1. The molecule has 158 valence electrons. The Kier molecular flexibility index (Phi) is 8.68. The van der Waals surface area contributed by atoms with Gasteiger partial charge in [0.25, 0.3) is 0 Å². The molecule has 0 spiro atoms. The number of benzene rings is 1. The Morgan fingerprint density at radius 3 is 2.86 bits per heavy atom. The van der Waals surface area contributed by atoms with Gasteiger partial charge in [-0.15, -0.1) is 11.3 Å². The van der Waals surface area contributed by atoms with Crippen LogP contribution in [0.25, 0.3) is 0 Å². The topological polar surface area (TPSA) is 66.4 Å². The molecular weight excluding hydrogens is 400 g/mol. The first-order chi connectivity index (χ1) is 14.2. The summed E-state index contributed by atoms with van der Waals surface area (Å²) in [5.74, 6) is 1.55. The minimum Gasteiger partial charge on any atom is -0.354 e. The maximum atomic E-state index is 12.2. The van der Waals surface area contributed by atoms with Gasteiger partial charge in [0.1, 0.15) is 0 Å². The number of aryl methyl sites for hydroxylation is 2. The molecule has 7 heteroatoms. The molecule has 3 rings (SSSR count). The van der Waals surface area contributed by atoms with E-state index in [4.69, 9.17) is 4.98 Å². The SMILES string of the molecule is CCS(=O)C1CCCC(NC(=NC)NCc2csc(CCc3ccccc3)n2)C1. The highest BCUT2D eigenvalue weighted by Crippen LogP contribution is 2.23. The molecule has 0 aliphatic heterocycles. The predicted octanol–water partition coefficient (Wildman–Crippen LogP) is 3.67. The van der Waals surface area contributed by atoms with E-state index in [1.54, 1.807) is 18.4 Å². The van der Waals surface area contributed by atoms with Crippen LogP contribution in [0, 0.1) is 0 Å². The van der Waals surface area contributed by atoms with Gasteiger partial charge in [0.15, 0.2) is 5.96 Å². The van der Waals surface area contributed by atoms with Crippen molar-refractivity contribution in [3.8, 4) is 0 Å². The van der Waals surface area contributed by atoms with Gasteiger partial charge in [-0.05, 0) is 31.2 Å². The monoisotopic (exact) mass is 432 g/mol. The lowest BCUT2D eigenvalue weighted by molar-refractivity contribution is 0.413. The highest BCUT2D eigenvalue weighted by Gasteiger charge is 2.26. The molecule has 1 aliphatic rings. The van der Waals surface area contributed by atoms with Gasteiger partial charge < -0.3 is 10.6 Å². The number of aromatic nitrogens is 1. The molecule has 1 saturated carbocycles. The molecule has 1 aliphatic carbocycles. The molecule has 2 aromatic rings. The zero-order chi connectivity index (χ0) is 20.5. The minimum atomic E-state index is -0.707. The molecule has 2 N–H and O–H groups in total. The fourth-order valence-corrected chi connectivity index (χ4v) is 5.90. The summed E-state index contributed by atoms with van der Waals surface area (Å²) in [7, 11) is 1.09. The van der Waals surface area contributed by atoms with Crippen molar-refractivity contribution in [3.05, 3.63) is 52.0 Å². The van der Waals surface area contributed by atoms with Crippen molar-refractivity contribution in [3.63, 3.8) is 0 Å². The number of hydrogen-bond acceptors (Lipinski definition) is 4. The van der Waals surface area contributed by atoms with E-state index in [0.29, 0.717) is 17.8 Å². The van der Waals surface area contributed by atoms with Crippen LogP contribution in [-0.2, 0) is 30.2 Å². The van der Waals surface area contributed by atoms with E-state index in [0.717, 1.165) is 55.9 Å². The Balaban J connectivity index is 1.45. The fraction of sp³-hybridized carbons (Fsp3) is 0.545. The van der Waals surface area contributed by atoms with Gasteiger partial charge in [-0.1, -0.05) is 43.7 Å². The largest absolute Gasteiger partial charge is 0.354 e. The number of hydrogen-bond donors (Lipinski definition) is 2. The first kappa shape index (κ1) is 22.0. The van der Waals surface area contributed by atoms with Crippen molar-refractivity contribution in [2.45, 2.75) is 63.3 Å². The van der Waals surface area contributed by atoms with Crippen LogP contribution in [0.15, 0.2) is 40.7 Å². The average molecular weight is 433 g/mol. The summed E-state index contributed by atoms with van der Waals surface area (Å²) in [6.07, 6.45) is 6.27. The van der Waals surface area contributed by atoms with Crippen molar-refractivity contribution in [1.82, 2.24) is 15.6 Å². The normalized spacial score (nSPS) is 21.0. The quantitative estimate of drug-likeness (QED) is 0.493.